The maximum absolute atomic E-state index is 13.0. The average molecular weight is 442 g/mol. The fraction of sp³-hybridized carbons (Fsp3) is 0.480. The van der Waals surface area contributed by atoms with Gasteiger partial charge in [-0.15, -0.1) is 0 Å². The molecule has 2 saturated heterocycles. The molecule has 1 amide bonds. The minimum atomic E-state index is -0.00106. The van der Waals surface area contributed by atoms with E-state index in [2.05, 4.69) is 34.3 Å². The van der Waals surface area contributed by atoms with E-state index in [1.807, 2.05) is 36.4 Å². The van der Waals surface area contributed by atoms with Crippen LogP contribution in [0, 0.1) is 11.8 Å². The molecular weight excluding hydrogens is 410 g/mol. The molecule has 2 heterocycles. The number of hydrogen-bond acceptors (Lipinski definition) is 4. The SMILES string of the molecule is COc1ccccc1NC(=O)[C@@H]1C[C@@H]([C@H]2CCCN(Cc3ccccc3Cl)C2)N(C)C1. The van der Waals surface area contributed by atoms with Crippen LogP contribution < -0.4 is 10.1 Å². The molecule has 2 aromatic rings. The molecule has 0 aliphatic carbocycles. The van der Waals surface area contributed by atoms with E-state index in [0.29, 0.717) is 17.7 Å². The number of carbonyl (C=O) groups is 1. The van der Waals surface area contributed by atoms with Gasteiger partial charge in [0.25, 0.3) is 0 Å². The first-order chi connectivity index (χ1) is 15.0. The number of methoxy groups -OCH3 is 1. The molecule has 0 spiro atoms. The van der Waals surface area contributed by atoms with Crippen molar-refractivity contribution in [2.24, 2.45) is 11.8 Å². The lowest BCUT2D eigenvalue weighted by molar-refractivity contribution is -0.119. The van der Waals surface area contributed by atoms with Gasteiger partial charge in [-0.2, -0.15) is 0 Å². The Morgan fingerprint density at radius 3 is 2.74 bits per heavy atom. The van der Waals surface area contributed by atoms with Crippen molar-refractivity contribution in [3.8, 4) is 5.75 Å². The Morgan fingerprint density at radius 2 is 1.94 bits per heavy atom. The number of nitrogens with one attached hydrogen (secondary N) is 1. The molecule has 2 fully saturated rings. The number of likely N-dealkylation sites (tertiary alicyclic amines) is 2. The molecule has 4 rings (SSSR count). The number of ether oxygens (including phenoxy) is 1. The summed E-state index contributed by atoms with van der Waals surface area (Å²) in [6.45, 7) is 3.86. The molecule has 2 aromatic carbocycles. The summed E-state index contributed by atoms with van der Waals surface area (Å²) in [7, 11) is 3.79. The Kier molecular flexibility index (Phi) is 7.16. The summed E-state index contributed by atoms with van der Waals surface area (Å²) in [5.74, 6) is 1.35. The van der Waals surface area contributed by atoms with Gasteiger partial charge in [-0.3, -0.25) is 9.69 Å². The number of amides is 1. The summed E-state index contributed by atoms with van der Waals surface area (Å²) in [5.41, 5.74) is 1.93. The van der Waals surface area contributed by atoms with Gasteiger partial charge in [-0.1, -0.05) is 41.9 Å². The predicted octanol–water partition coefficient (Wildman–Crippen LogP) is 4.52. The first kappa shape index (κ1) is 22.1. The van der Waals surface area contributed by atoms with Gasteiger partial charge < -0.3 is 15.0 Å². The Hall–Kier alpha value is -2.08. The number of piperidine rings is 1. The normalized spacial score (nSPS) is 24.8. The number of halogens is 1. The van der Waals surface area contributed by atoms with Crippen molar-refractivity contribution < 1.29 is 9.53 Å². The van der Waals surface area contributed by atoms with Gasteiger partial charge in [-0.25, -0.2) is 0 Å². The van der Waals surface area contributed by atoms with Gasteiger partial charge in [0.2, 0.25) is 5.91 Å². The highest BCUT2D eigenvalue weighted by molar-refractivity contribution is 6.31. The van der Waals surface area contributed by atoms with Gasteiger partial charge in [0, 0.05) is 30.7 Å². The van der Waals surface area contributed by atoms with E-state index in [0.717, 1.165) is 43.3 Å². The third kappa shape index (κ3) is 5.22. The van der Waals surface area contributed by atoms with E-state index in [1.54, 1.807) is 7.11 Å². The predicted molar refractivity (Wildman–Crippen MR) is 126 cm³/mol. The van der Waals surface area contributed by atoms with Crippen molar-refractivity contribution in [2.75, 3.05) is 39.1 Å². The maximum atomic E-state index is 13.0. The zero-order chi connectivity index (χ0) is 21.8. The summed E-state index contributed by atoms with van der Waals surface area (Å²) in [6.07, 6.45) is 3.31. The Balaban J connectivity index is 1.36. The molecule has 6 heteroatoms. The van der Waals surface area contributed by atoms with E-state index < -0.39 is 0 Å². The Bertz CT molecular complexity index is 906. The van der Waals surface area contributed by atoms with Crippen molar-refractivity contribution >= 4 is 23.2 Å². The second kappa shape index (κ2) is 10.0. The van der Waals surface area contributed by atoms with Gasteiger partial charge in [0.1, 0.15) is 5.75 Å². The lowest BCUT2D eigenvalue weighted by atomic mass is 9.87. The molecule has 0 radical (unpaired) electrons. The summed E-state index contributed by atoms with van der Waals surface area (Å²) in [5, 5.41) is 3.92. The van der Waals surface area contributed by atoms with E-state index >= 15 is 0 Å². The number of benzene rings is 2. The van der Waals surface area contributed by atoms with Crippen molar-refractivity contribution in [3.05, 3.63) is 59.1 Å². The topological polar surface area (TPSA) is 44.8 Å². The number of nitrogens with zero attached hydrogens (tertiary/aromatic N) is 2. The van der Waals surface area contributed by atoms with E-state index in [1.165, 1.54) is 18.4 Å². The van der Waals surface area contributed by atoms with Crippen molar-refractivity contribution in [1.82, 2.24) is 9.80 Å². The van der Waals surface area contributed by atoms with Crippen LogP contribution >= 0.6 is 11.6 Å². The molecule has 0 unspecified atom stereocenters. The fourth-order valence-corrected chi connectivity index (χ4v) is 5.37. The van der Waals surface area contributed by atoms with Crippen molar-refractivity contribution in [2.45, 2.75) is 31.8 Å². The first-order valence-corrected chi connectivity index (χ1v) is 11.5. The smallest absolute Gasteiger partial charge is 0.228 e. The maximum Gasteiger partial charge on any atom is 0.228 e. The zero-order valence-corrected chi connectivity index (χ0v) is 19.1. The molecular formula is C25H32ClN3O2. The fourth-order valence-electron chi connectivity index (χ4n) is 5.17. The number of para-hydroxylation sites is 2. The zero-order valence-electron chi connectivity index (χ0n) is 18.4. The van der Waals surface area contributed by atoms with E-state index in [9.17, 15) is 4.79 Å². The van der Waals surface area contributed by atoms with E-state index in [4.69, 9.17) is 16.3 Å². The van der Waals surface area contributed by atoms with Gasteiger partial charge in [0.05, 0.1) is 18.7 Å². The average Bonchev–Trinajstić information content (AvgIpc) is 3.18. The second-order valence-corrected chi connectivity index (χ2v) is 9.27. The summed E-state index contributed by atoms with van der Waals surface area (Å²) < 4.78 is 5.38. The van der Waals surface area contributed by atoms with Gasteiger partial charge in [0.15, 0.2) is 0 Å². The molecule has 166 valence electrons. The van der Waals surface area contributed by atoms with Crippen LogP contribution in [0.25, 0.3) is 0 Å². The Labute approximate surface area is 190 Å². The summed E-state index contributed by atoms with van der Waals surface area (Å²) in [6, 6.07) is 16.1. The summed E-state index contributed by atoms with van der Waals surface area (Å²) >= 11 is 6.38. The van der Waals surface area contributed by atoms with E-state index in [-0.39, 0.29) is 11.8 Å². The van der Waals surface area contributed by atoms with Crippen LogP contribution in [-0.2, 0) is 11.3 Å². The molecule has 0 bridgehead atoms. The van der Waals surface area contributed by atoms with Crippen LogP contribution in [0.3, 0.4) is 0 Å². The second-order valence-electron chi connectivity index (χ2n) is 8.86. The third-order valence-electron chi connectivity index (χ3n) is 6.77. The quantitative estimate of drug-likeness (QED) is 0.715. The monoisotopic (exact) mass is 441 g/mol. The molecule has 3 atom stereocenters. The molecule has 0 saturated carbocycles. The highest BCUT2D eigenvalue weighted by atomic mass is 35.5. The Morgan fingerprint density at radius 1 is 1.16 bits per heavy atom. The first-order valence-electron chi connectivity index (χ1n) is 11.1. The highest BCUT2D eigenvalue weighted by Crippen LogP contribution is 2.34. The van der Waals surface area contributed by atoms with Crippen molar-refractivity contribution in [3.63, 3.8) is 0 Å². The minimum Gasteiger partial charge on any atom is -0.495 e. The molecule has 0 aromatic heterocycles. The standard InChI is InChI=1S/C25H32ClN3O2/c1-28-15-20(25(30)27-22-11-5-6-12-24(22)31-2)14-23(28)19-9-7-13-29(17-19)16-18-8-3-4-10-21(18)26/h3-6,8,10-12,19-20,23H,7,9,13-17H2,1-2H3,(H,27,30)/t19-,20+,23-/m0/s1. The molecule has 31 heavy (non-hydrogen) atoms. The van der Waals surface area contributed by atoms with Crippen LogP contribution in [0.2, 0.25) is 5.02 Å². The molecule has 1 N–H and O–H groups in total. The minimum absolute atomic E-state index is 0.00106. The van der Waals surface area contributed by atoms with Crippen LogP contribution in [0.1, 0.15) is 24.8 Å². The van der Waals surface area contributed by atoms with Crippen LogP contribution in [0.5, 0.6) is 5.75 Å². The number of hydrogen-bond donors (Lipinski definition) is 1. The molecule has 2 aliphatic rings. The largest absolute Gasteiger partial charge is 0.495 e. The highest BCUT2D eigenvalue weighted by Gasteiger charge is 2.39. The third-order valence-corrected chi connectivity index (χ3v) is 7.14. The number of carbonyl (C=O) groups excluding carboxylic acids is 1. The lowest BCUT2D eigenvalue weighted by Crippen LogP contribution is -2.43. The molecule has 2 aliphatic heterocycles. The number of rotatable bonds is 6. The van der Waals surface area contributed by atoms with Crippen LogP contribution in [0.15, 0.2) is 48.5 Å². The van der Waals surface area contributed by atoms with Gasteiger partial charge >= 0.3 is 0 Å². The van der Waals surface area contributed by atoms with Crippen LogP contribution in [0.4, 0.5) is 5.69 Å². The number of anilines is 1. The molecule has 5 nitrogen and oxygen atoms in total. The van der Waals surface area contributed by atoms with Crippen molar-refractivity contribution in [1.29, 1.82) is 0 Å². The van der Waals surface area contributed by atoms with Gasteiger partial charge in [-0.05, 0) is 62.5 Å². The lowest BCUT2D eigenvalue weighted by Gasteiger charge is -2.38. The van der Waals surface area contributed by atoms with Crippen LogP contribution in [-0.4, -0.2) is 55.5 Å². The summed E-state index contributed by atoms with van der Waals surface area (Å²) in [4.78, 5) is 17.9.